The summed E-state index contributed by atoms with van der Waals surface area (Å²) in [6, 6.07) is 13.0. The largest absolute Gasteiger partial charge is 0.493 e. The molecule has 0 spiro atoms. The number of fused-ring (bicyclic) bond motifs is 5. The predicted molar refractivity (Wildman–Crippen MR) is 116 cm³/mol. The third kappa shape index (κ3) is 3.41. The van der Waals surface area contributed by atoms with Crippen molar-refractivity contribution in [3.63, 3.8) is 0 Å². The van der Waals surface area contributed by atoms with Crippen molar-refractivity contribution in [2.75, 3.05) is 7.11 Å². The van der Waals surface area contributed by atoms with Gasteiger partial charge in [0.2, 0.25) is 0 Å². The van der Waals surface area contributed by atoms with Crippen molar-refractivity contribution in [2.24, 2.45) is 28.8 Å². The average molecular weight is 437 g/mol. The van der Waals surface area contributed by atoms with E-state index in [2.05, 4.69) is 17.3 Å². The van der Waals surface area contributed by atoms with Gasteiger partial charge in [-0.1, -0.05) is 54.1 Å². The second-order valence-corrected chi connectivity index (χ2v) is 8.47. The molecule has 0 N–H and O–H groups in total. The predicted octanol–water partition coefficient (Wildman–Crippen LogP) is 4.07. The number of allylic oxidation sites excluding steroid dienone is 2. The van der Waals surface area contributed by atoms with Crippen LogP contribution in [0.5, 0.6) is 11.5 Å². The summed E-state index contributed by atoms with van der Waals surface area (Å²) in [6.07, 6.45) is 6.44. The summed E-state index contributed by atoms with van der Waals surface area (Å²) < 4.78 is 11.5. The van der Waals surface area contributed by atoms with Gasteiger partial charge < -0.3 is 9.47 Å². The van der Waals surface area contributed by atoms with Crippen LogP contribution in [0.3, 0.4) is 0 Å². The molecule has 158 valence electrons. The highest BCUT2D eigenvalue weighted by molar-refractivity contribution is 6.31. The maximum atomic E-state index is 12.9. The Morgan fingerprint density at radius 2 is 1.77 bits per heavy atom. The van der Waals surface area contributed by atoms with Crippen LogP contribution < -0.4 is 9.47 Å². The maximum absolute atomic E-state index is 12.9. The molecule has 1 saturated heterocycles. The fourth-order valence-corrected chi connectivity index (χ4v) is 5.06. The zero-order valence-electron chi connectivity index (χ0n) is 16.9. The molecular formula is C24H21ClN2O4. The highest BCUT2D eigenvalue weighted by Crippen LogP contribution is 2.52. The first-order chi connectivity index (χ1) is 15.1. The van der Waals surface area contributed by atoms with Crippen LogP contribution in [0.15, 0.2) is 59.7 Å². The van der Waals surface area contributed by atoms with Gasteiger partial charge in [-0.3, -0.25) is 9.59 Å². The fraction of sp³-hybridized carbons (Fsp3) is 0.292. The number of methoxy groups -OCH3 is 1. The van der Waals surface area contributed by atoms with Gasteiger partial charge in [0.05, 0.1) is 25.2 Å². The summed E-state index contributed by atoms with van der Waals surface area (Å²) in [5.41, 5.74) is 1.52. The Labute approximate surface area is 185 Å². The van der Waals surface area contributed by atoms with Crippen molar-refractivity contribution >= 4 is 29.6 Å². The average Bonchev–Trinajstić information content (AvgIpc) is 3.46. The molecule has 0 aromatic heterocycles. The topological polar surface area (TPSA) is 68.2 Å². The van der Waals surface area contributed by atoms with E-state index in [4.69, 9.17) is 21.1 Å². The van der Waals surface area contributed by atoms with Crippen molar-refractivity contribution in [2.45, 2.75) is 13.0 Å². The number of hydrazone groups is 1. The fourth-order valence-electron chi connectivity index (χ4n) is 4.84. The minimum Gasteiger partial charge on any atom is -0.493 e. The number of amides is 2. The molecule has 6 nitrogen and oxygen atoms in total. The summed E-state index contributed by atoms with van der Waals surface area (Å²) in [5, 5.41) is 5.70. The van der Waals surface area contributed by atoms with Crippen LogP contribution in [-0.2, 0) is 16.2 Å². The molecule has 0 unspecified atom stereocenters. The molecule has 3 aliphatic rings. The molecule has 7 heteroatoms. The molecule has 2 aromatic carbocycles. The lowest BCUT2D eigenvalue weighted by atomic mass is 9.85. The Bertz CT molecular complexity index is 1070. The molecule has 2 aliphatic carbocycles. The van der Waals surface area contributed by atoms with Gasteiger partial charge >= 0.3 is 0 Å². The van der Waals surface area contributed by atoms with Crippen molar-refractivity contribution < 1.29 is 19.1 Å². The van der Waals surface area contributed by atoms with E-state index >= 15 is 0 Å². The maximum Gasteiger partial charge on any atom is 0.254 e. The molecule has 1 aliphatic heterocycles. The van der Waals surface area contributed by atoms with Gasteiger partial charge in [0.15, 0.2) is 11.5 Å². The number of rotatable bonds is 6. The van der Waals surface area contributed by atoms with Gasteiger partial charge in [0, 0.05) is 16.7 Å². The summed E-state index contributed by atoms with van der Waals surface area (Å²) in [7, 11) is 1.53. The van der Waals surface area contributed by atoms with Gasteiger partial charge in [0.25, 0.3) is 11.8 Å². The minimum absolute atomic E-state index is 0.141. The van der Waals surface area contributed by atoms with Crippen LogP contribution in [0, 0.1) is 23.7 Å². The smallest absolute Gasteiger partial charge is 0.254 e. The van der Waals surface area contributed by atoms with E-state index in [1.807, 2.05) is 30.3 Å². The van der Waals surface area contributed by atoms with E-state index in [0.717, 1.165) is 17.0 Å². The number of benzene rings is 2. The summed E-state index contributed by atoms with van der Waals surface area (Å²) in [4.78, 5) is 25.7. The third-order valence-corrected chi connectivity index (χ3v) is 6.47. The normalized spacial score (nSPS) is 26.2. The van der Waals surface area contributed by atoms with Crippen LogP contribution in [0.4, 0.5) is 0 Å². The van der Waals surface area contributed by atoms with Gasteiger partial charge in [0.1, 0.15) is 6.61 Å². The molecule has 2 amide bonds. The lowest BCUT2D eigenvalue weighted by Crippen LogP contribution is -2.28. The molecule has 1 saturated carbocycles. The van der Waals surface area contributed by atoms with Crippen molar-refractivity contribution in [3.8, 4) is 11.5 Å². The van der Waals surface area contributed by atoms with Crippen LogP contribution in [0.2, 0.25) is 5.02 Å². The number of halogens is 1. The van der Waals surface area contributed by atoms with Gasteiger partial charge in [-0.25, -0.2) is 0 Å². The van der Waals surface area contributed by atoms with Crippen LogP contribution in [0.1, 0.15) is 17.5 Å². The van der Waals surface area contributed by atoms with E-state index in [9.17, 15) is 9.59 Å². The van der Waals surface area contributed by atoms with Crippen molar-refractivity contribution in [1.29, 1.82) is 0 Å². The van der Waals surface area contributed by atoms with E-state index in [0.29, 0.717) is 28.7 Å². The summed E-state index contributed by atoms with van der Waals surface area (Å²) >= 11 is 6.24. The number of hydrogen-bond donors (Lipinski definition) is 0. The zero-order valence-corrected chi connectivity index (χ0v) is 17.7. The quantitative estimate of drug-likeness (QED) is 0.389. The number of imide groups is 1. The number of ether oxygens (including phenoxy) is 2. The van der Waals surface area contributed by atoms with Gasteiger partial charge in [-0.05, 0) is 29.9 Å². The Morgan fingerprint density at radius 3 is 2.42 bits per heavy atom. The first kappa shape index (κ1) is 19.8. The minimum atomic E-state index is -0.289. The molecule has 2 aromatic rings. The number of hydrogen-bond acceptors (Lipinski definition) is 5. The molecule has 5 rings (SSSR count). The van der Waals surface area contributed by atoms with Crippen LogP contribution in [-0.4, -0.2) is 30.1 Å². The Balaban J connectivity index is 1.42. The molecule has 31 heavy (non-hydrogen) atoms. The number of carbonyl (C=O) groups is 2. The second-order valence-electron chi connectivity index (χ2n) is 8.03. The van der Waals surface area contributed by atoms with E-state index in [1.54, 1.807) is 12.1 Å². The first-order valence-corrected chi connectivity index (χ1v) is 10.6. The Kier molecular flexibility index (Phi) is 5.02. The lowest BCUT2D eigenvalue weighted by Gasteiger charge is -2.15. The van der Waals surface area contributed by atoms with Crippen molar-refractivity contribution in [3.05, 3.63) is 70.8 Å². The first-order valence-electron chi connectivity index (χ1n) is 10.2. The molecule has 1 heterocycles. The second kappa shape index (κ2) is 7.85. The van der Waals surface area contributed by atoms with Crippen LogP contribution in [0.25, 0.3) is 0 Å². The van der Waals surface area contributed by atoms with Gasteiger partial charge in [-0.15, -0.1) is 0 Å². The Hall–Kier alpha value is -3.12. The Morgan fingerprint density at radius 1 is 1.10 bits per heavy atom. The van der Waals surface area contributed by atoms with Crippen molar-refractivity contribution in [1.82, 2.24) is 5.01 Å². The lowest BCUT2D eigenvalue weighted by molar-refractivity contribution is -0.140. The highest BCUT2D eigenvalue weighted by atomic mass is 35.5. The molecular weight excluding hydrogens is 416 g/mol. The van der Waals surface area contributed by atoms with E-state index in [1.165, 1.54) is 13.3 Å². The highest BCUT2D eigenvalue weighted by Gasteiger charge is 2.59. The van der Waals surface area contributed by atoms with E-state index in [-0.39, 0.29) is 35.5 Å². The summed E-state index contributed by atoms with van der Waals surface area (Å²) in [6.45, 7) is 0.320. The SMILES string of the molecule is COc1cc(Cl)cc(C=NN2C(=O)[C@@H]3[C@H](C2=O)[C@H]2C=C[C@H]3C2)c1OCc1ccccc1. The molecule has 0 radical (unpaired) electrons. The van der Waals surface area contributed by atoms with E-state index < -0.39 is 0 Å². The standard InChI is InChI=1S/C24H21ClN2O4/c1-30-19-11-18(25)10-17(22(19)31-13-14-5-3-2-4-6-14)12-26-27-23(28)20-15-7-8-16(9-15)21(20)24(27)29/h2-8,10-12,15-16,20-21H,9,13H2,1H3/t15-,16-,20-,21+/m0/s1. The molecule has 2 bridgehead atoms. The van der Waals surface area contributed by atoms with Gasteiger partial charge in [-0.2, -0.15) is 10.1 Å². The molecule has 4 atom stereocenters. The third-order valence-electron chi connectivity index (χ3n) is 6.25. The summed E-state index contributed by atoms with van der Waals surface area (Å²) in [5.74, 6) is 0.131. The number of carbonyl (C=O) groups excluding carboxylic acids is 2. The zero-order chi connectivity index (χ0) is 21.5. The van der Waals surface area contributed by atoms with Crippen LogP contribution >= 0.6 is 11.6 Å². The number of nitrogens with zero attached hydrogens (tertiary/aromatic N) is 2. The monoisotopic (exact) mass is 436 g/mol. The molecule has 2 fully saturated rings.